The number of nitrogens with zero attached hydrogens (tertiary/aromatic N) is 3. The fraction of sp³-hybridized carbons (Fsp3) is 0.520. The summed E-state index contributed by atoms with van der Waals surface area (Å²) in [7, 11) is 2.86. The minimum atomic E-state index is -0.965. The first-order valence-corrected chi connectivity index (χ1v) is 12.2. The molecule has 12 nitrogen and oxygen atoms in total. The molecule has 1 aromatic heterocycles. The summed E-state index contributed by atoms with van der Waals surface area (Å²) in [5, 5.41) is 25.0. The van der Waals surface area contributed by atoms with Gasteiger partial charge in [-0.1, -0.05) is 24.9 Å². The second-order valence-electron chi connectivity index (χ2n) is 9.14. The predicted molar refractivity (Wildman–Crippen MR) is 140 cm³/mol. The zero-order chi connectivity index (χ0) is 28.2. The maximum atomic E-state index is 13.9. The van der Waals surface area contributed by atoms with E-state index in [4.69, 9.17) is 25.8 Å². The molecular formula is C25H36FN7O5. The molecule has 1 heterocycles. The average molecular weight is 534 g/mol. The minimum Gasteiger partial charge on any atom is -0.481 e. The van der Waals surface area contributed by atoms with Crippen molar-refractivity contribution in [2.45, 2.75) is 51.6 Å². The van der Waals surface area contributed by atoms with Gasteiger partial charge in [0, 0.05) is 25.1 Å². The van der Waals surface area contributed by atoms with Crippen LogP contribution in [0.15, 0.2) is 34.3 Å². The van der Waals surface area contributed by atoms with E-state index in [2.05, 4.69) is 32.7 Å². The molecule has 1 aliphatic rings. The second-order valence-corrected chi connectivity index (χ2v) is 9.14. The number of hydrogen-bond acceptors (Lipinski definition) is 10. The Balaban J connectivity index is 2.26. The van der Waals surface area contributed by atoms with Crippen molar-refractivity contribution >= 4 is 29.5 Å². The van der Waals surface area contributed by atoms with Gasteiger partial charge in [-0.25, -0.2) is 9.37 Å². The number of halogens is 1. The zero-order valence-electron chi connectivity index (χ0n) is 22.0. The number of carbonyl (C=O) groups is 2. The van der Waals surface area contributed by atoms with Crippen molar-refractivity contribution in [3.63, 3.8) is 0 Å². The van der Waals surface area contributed by atoms with Crippen LogP contribution in [-0.4, -0.2) is 66.5 Å². The molecular weight excluding hydrogens is 497 g/mol. The van der Waals surface area contributed by atoms with Gasteiger partial charge in [0.15, 0.2) is 0 Å². The molecule has 1 fully saturated rings. The molecule has 0 aliphatic heterocycles. The molecule has 0 bridgehead atoms. The van der Waals surface area contributed by atoms with Crippen molar-refractivity contribution in [3.05, 3.63) is 35.5 Å². The molecule has 2 atom stereocenters. The Morgan fingerprint density at radius 1 is 1.34 bits per heavy atom. The average Bonchev–Trinajstić information content (AvgIpc) is 2.92. The van der Waals surface area contributed by atoms with E-state index in [0.29, 0.717) is 24.3 Å². The largest absolute Gasteiger partial charge is 0.481 e. The van der Waals surface area contributed by atoms with Gasteiger partial charge in [0.2, 0.25) is 11.8 Å². The molecule has 2 amide bonds. The van der Waals surface area contributed by atoms with E-state index in [1.807, 2.05) is 0 Å². The first kappa shape index (κ1) is 30.4. The normalized spacial score (nSPS) is 20.0. The molecule has 2 rings (SSSR count). The first-order chi connectivity index (χ1) is 18.1. The quantitative estimate of drug-likeness (QED) is 0.155. The molecule has 1 aliphatic carbocycles. The van der Waals surface area contributed by atoms with Gasteiger partial charge in [0.05, 0.1) is 25.6 Å². The third-order valence-electron chi connectivity index (χ3n) is 6.40. The highest BCUT2D eigenvalue weighted by atomic mass is 19.1. The number of nitrogens with one attached hydrogen (secondary N) is 3. The number of oxime groups is 1. The Bertz CT molecular complexity index is 1080. The highest BCUT2D eigenvalue weighted by Gasteiger charge is 2.33. The van der Waals surface area contributed by atoms with E-state index >= 15 is 0 Å². The summed E-state index contributed by atoms with van der Waals surface area (Å²) >= 11 is 0. The van der Waals surface area contributed by atoms with E-state index in [-0.39, 0.29) is 29.8 Å². The zero-order valence-corrected chi connectivity index (χ0v) is 22.0. The number of aliphatic imine (C=N–C) groups is 1. The van der Waals surface area contributed by atoms with Crippen molar-refractivity contribution in [3.8, 4) is 5.88 Å². The number of rotatable bonds is 12. The lowest BCUT2D eigenvalue weighted by Gasteiger charge is -2.32. The van der Waals surface area contributed by atoms with Gasteiger partial charge in [0.1, 0.15) is 29.3 Å². The number of carbonyl (C=O) groups excluding carboxylic acids is 2. The third kappa shape index (κ3) is 8.33. The smallest absolute Gasteiger partial charge is 0.271 e. The summed E-state index contributed by atoms with van der Waals surface area (Å²) in [4.78, 5) is 34.3. The van der Waals surface area contributed by atoms with Crippen LogP contribution in [0.5, 0.6) is 5.88 Å². The van der Waals surface area contributed by atoms with E-state index in [0.717, 1.165) is 25.2 Å². The van der Waals surface area contributed by atoms with Crippen molar-refractivity contribution in [1.29, 1.82) is 5.41 Å². The van der Waals surface area contributed by atoms with Crippen LogP contribution < -0.4 is 21.1 Å². The van der Waals surface area contributed by atoms with Gasteiger partial charge in [0.25, 0.3) is 5.91 Å². The van der Waals surface area contributed by atoms with Gasteiger partial charge in [-0.15, -0.1) is 0 Å². The highest BCUT2D eigenvalue weighted by Crippen LogP contribution is 2.31. The Kier molecular flexibility index (Phi) is 11.8. The van der Waals surface area contributed by atoms with Crippen molar-refractivity contribution in [1.82, 2.24) is 15.6 Å². The Morgan fingerprint density at radius 3 is 2.61 bits per heavy atom. The van der Waals surface area contributed by atoms with Crippen LogP contribution in [0.25, 0.3) is 0 Å². The summed E-state index contributed by atoms with van der Waals surface area (Å²) < 4.78 is 24.3. The Labute approximate surface area is 221 Å². The molecule has 208 valence electrons. The molecule has 1 aromatic rings. The van der Waals surface area contributed by atoms with Crippen LogP contribution in [0.4, 0.5) is 4.39 Å². The summed E-state index contributed by atoms with van der Waals surface area (Å²) in [6, 6.07) is -0.450. The van der Waals surface area contributed by atoms with Gasteiger partial charge < -0.3 is 31.0 Å². The number of nitrogens with two attached hydrogens (primary N) is 1. The van der Waals surface area contributed by atoms with E-state index < -0.39 is 35.4 Å². The lowest BCUT2D eigenvalue weighted by Crippen LogP contribution is -2.53. The fourth-order valence-electron chi connectivity index (χ4n) is 4.17. The van der Waals surface area contributed by atoms with Gasteiger partial charge >= 0.3 is 0 Å². The van der Waals surface area contributed by atoms with Gasteiger partial charge in [-0.05, 0) is 37.7 Å². The number of methoxy groups -OCH3 is 2. The molecule has 13 heteroatoms. The van der Waals surface area contributed by atoms with Crippen LogP contribution in [0.3, 0.4) is 0 Å². The van der Waals surface area contributed by atoms with Gasteiger partial charge in [-0.3, -0.25) is 20.0 Å². The molecule has 6 N–H and O–H groups in total. The molecule has 38 heavy (non-hydrogen) atoms. The standard InChI is InChI=1S/C25H36FN7O5/c1-14-5-7-16(8-6-14)22(32-23(34)21(28)15(2)33-36)24(35)31-18(10-27)12-29-20(13-37-3)19-9-17(26)11-30-25(19)38-4/h9-12,14,16,20,22,28,36H,5-8,13,27H2,1-4H3,(H,31,35)(H,32,34)/b18-10?,28-21?,29-12?,33-15-. The molecule has 0 spiro atoms. The summed E-state index contributed by atoms with van der Waals surface area (Å²) in [5.74, 6) is -1.45. The maximum Gasteiger partial charge on any atom is 0.271 e. The van der Waals surface area contributed by atoms with E-state index in [1.54, 1.807) is 0 Å². The topological polar surface area (TPSA) is 184 Å². The number of hydrogen-bond donors (Lipinski definition) is 5. The Morgan fingerprint density at radius 2 is 2.03 bits per heavy atom. The molecule has 0 saturated heterocycles. The number of pyridine rings is 1. The Hall–Kier alpha value is -3.87. The number of allylic oxidation sites excluding steroid dienone is 1. The highest BCUT2D eigenvalue weighted by molar-refractivity contribution is 6.65. The summed E-state index contributed by atoms with van der Waals surface area (Å²) in [5.41, 5.74) is 5.48. The fourth-order valence-corrected chi connectivity index (χ4v) is 4.17. The predicted octanol–water partition coefficient (Wildman–Crippen LogP) is 2.08. The van der Waals surface area contributed by atoms with Crippen LogP contribution >= 0.6 is 0 Å². The van der Waals surface area contributed by atoms with Crippen molar-refractivity contribution < 1.29 is 28.7 Å². The second kappa shape index (κ2) is 14.8. The van der Waals surface area contributed by atoms with E-state index in [1.165, 1.54) is 33.4 Å². The molecule has 1 saturated carbocycles. The lowest BCUT2D eigenvalue weighted by atomic mass is 9.79. The van der Waals surface area contributed by atoms with Crippen LogP contribution in [0.2, 0.25) is 0 Å². The lowest BCUT2D eigenvalue weighted by molar-refractivity contribution is -0.127. The van der Waals surface area contributed by atoms with Crippen molar-refractivity contribution in [2.75, 3.05) is 20.8 Å². The number of amides is 2. The molecule has 2 unspecified atom stereocenters. The summed E-state index contributed by atoms with van der Waals surface area (Å²) in [6.45, 7) is 3.51. The monoisotopic (exact) mass is 533 g/mol. The van der Waals surface area contributed by atoms with E-state index in [9.17, 15) is 14.0 Å². The van der Waals surface area contributed by atoms with Crippen LogP contribution in [0, 0.1) is 23.1 Å². The summed E-state index contributed by atoms with van der Waals surface area (Å²) in [6.07, 6.45) is 6.66. The first-order valence-electron chi connectivity index (χ1n) is 12.2. The third-order valence-corrected chi connectivity index (χ3v) is 6.40. The number of aromatic nitrogens is 1. The molecule has 0 aromatic carbocycles. The molecule has 0 radical (unpaired) electrons. The van der Waals surface area contributed by atoms with Crippen LogP contribution in [-0.2, 0) is 14.3 Å². The number of ether oxygens (including phenoxy) is 2. The van der Waals surface area contributed by atoms with Crippen molar-refractivity contribution in [2.24, 2.45) is 27.7 Å². The van der Waals surface area contributed by atoms with Crippen LogP contribution in [0.1, 0.15) is 51.1 Å². The SMILES string of the molecule is COCC(N=CC(=CN)NC(=O)C(NC(=O)C(=N)/C(C)=N\O)C1CCC(C)CC1)c1cc(F)cnc1OC. The van der Waals surface area contributed by atoms with Gasteiger partial charge in [-0.2, -0.15) is 0 Å². The minimum absolute atomic E-state index is 0.0661. The maximum absolute atomic E-state index is 13.9.